The van der Waals surface area contributed by atoms with Crippen LogP contribution in [0.2, 0.25) is 0 Å². The maximum Gasteiger partial charge on any atom is 0.145 e. The maximum absolute atomic E-state index is 12.3. The number of nitrogens with one attached hydrogen (secondary N) is 2. The van der Waals surface area contributed by atoms with Gasteiger partial charge in [-0.2, -0.15) is 0 Å². The van der Waals surface area contributed by atoms with Crippen molar-refractivity contribution < 1.29 is 4.79 Å². The van der Waals surface area contributed by atoms with E-state index in [4.69, 9.17) is 4.98 Å². The van der Waals surface area contributed by atoms with Crippen LogP contribution in [0, 0.1) is 5.92 Å². The molecule has 0 radical (unpaired) electrons. The van der Waals surface area contributed by atoms with Gasteiger partial charge in [0.1, 0.15) is 17.4 Å². The fourth-order valence-corrected chi connectivity index (χ4v) is 4.09. The Bertz CT molecular complexity index is 1060. The summed E-state index contributed by atoms with van der Waals surface area (Å²) in [7, 11) is 0. The lowest BCUT2D eigenvalue weighted by Gasteiger charge is -2.24. The molecule has 1 aliphatic heterocycles. The van der Waals surface area contributed by atoms with Crippen molar-refractivity contribution in [2.45, 2.75) is 44.6 Å². The molecule has 1 saturated carbocycles. The first-order valence-corrected chi connectivity index (χ1v) is 10.8. The molecule has 0 amide bonds. The van der Waals surface area contributed by atoms with E-state index >= 15 is 0 Å². The highest BCUT2D eigenvalue weighted by Crippen LogP contribution is 2.28. The summed E-state index contributed by atoms with van der Waals surface area (Å²) < 4.78 is 0. The molecule has 1 aliphatic carbocycles. The van der Waals surface area contributed by atoms with Crippen molar-refractivity contribution in [3.8, 4) is 11.3 Å². The van der Waals surface area contributed by atoms with Gasteiger partial charge in [-0.15, -0.1) is 0 Å². The summed E-state index contributed by atoms with van der Waals surface area (Å²) in [6.45, 7) is 2.06. The van der Waals surface area contributed by atoms with Crippen molar-refractivity contribution in [3.05, 3.63) is 42.6 Å². The van der Waals surface area contributed by atoms with Crippen LogP contribution in [0.3, 0.4) is 0 Å². The van der Waals surface area contributed by atoms with Gasteiger partial charge in [-0.05, 0) is 44.8 Å². The molecule has 0 unspecified atom stereocenters. The maximum atomic E-state index is 12.3. The van der Waals surface area contributed by atoms with Gasteiger partial charge in [0, 0.05) is 29.1 Å². The van der Waals surface area contributed by atoms with Crippen LogP contribution in [0.1, 0.15) is 37.9 Å². The third-order valence-electron chi connectivity index (χ3n) is 6.15. The van der Waals surface area contributed by atoms with Crippen LogP contribution in [0.25, 0.3) is 22.2 Å². The Morgan fingerprint density at radius 1 is 1.07 bits per heavy atom. The van der Waals surface area contributed by atoms with E-state index in [1.54, 1.807) is 18.6 Å². The van der Waals surface area contributed by atoms with Crippen molar-refractivity contribution in [1.29, 1.82) is 0 Å². The number of benzene rings is 1. The van der Waals surface area contributed by atoms with E-state index in [0.29, 0.717) is 18.3 Å². The van der Waals surface area contributed by atoms with E-state index in [0.717, 1.165) is 73.2 Å². The Morgan fingerprint density at radius 2 is 1.93 bits per heavy atom. The second kappa shape index (κ2) is 8.44. The number of piperidine rings is 1. The number of carbonyl (C=O) groups is 1. The Kier molecular flexibility index (Phi) is 5.36. The number of hydrogen-bond acceptors (Lipinski definition) is 7. The number of hydrogen-bond donors (Lipinski definition) is 2. The predicted octanol–water partition coefficient (Wildman–Crippen LogP) is 3.16. The van der Waals surface area contributed by atoms with Gasteiger partial charge < -0.3 is 10.6 Å². The second-order valence-corrected chi connectivity index (χ2v) is 8.29. The molecule has 30 heavy (non-hydrogen) atoms. The van der Waals surface area contributed by atoms with Crippen molar-refractivity contribution in [1.82, 2.24) is 25.3 Å². The summed E-state index contributed by atoms with van der Waals surface area (Å²) in [4.78, 5) is 30.5. The predicted molar refractivity (Wildman–Crippen MR) is 116 cm³/mol. The number of fused-ring (bicyclic) bond motifs is 1. The highest BCUT2D eigenvalue weighted by molar-refractivity contribution is 5.85. The molecule has 0 bridgehead atoms. The van der Waals surface area contributed by atoms with E-state index in [-0.39, 0.29) is 11.7 Å². The van der Waals surface area contributed by atoms with Crippen molar-refractivity contribution in [2.75, 3.05) is 18.4 Å². The summed E-state index contributed by atoms with van der Waals surface area (Å²) in [5, 5.41) is 7.83. The molecular weight excluding hydrogens is 376 g/mol. The van der Waals surface area contributed by atoms with Crippen LogP contribution in [0.5, 0.6) is 0 Å². The lowest BCUT2D eigenvalue weighted by atomic mass is 9.81. The summed E-state index contributed by atoms with van der Waals surface area (Å²) in [5.74, 6) is 1.87. The zero-order valence-electron chi connectivity index (χ0n) is 17.0. The molecular formula is C23H26N6O. The average molecular weight is 403 g/mol. The lowest BCUT2D eigenvalue weighted by molar-refractivity contribution is -0.124. The smallest absolute Gasteiger partial charge is 0.145 e. The molecule has 0 atom stereocenters. The minimum Gasteiger partial charge on any atom is -0.366 e. The average Bonchev–Trinajstić information content (AvgIpc) is 2.73. The van der Waals surface area contributed by atoms with Crippen LogP contribution in [-0.4, -0.2) is 44.9 Å². The summed E-state index contributed by atoms with van der Waals surface area (Å²) in [6.07, 6.45) is 11.0. The lowest BCUT2D eigenvalue weighted by Crippen LogP contribution is -2.35. The Hall–Kier alpha value is -2.93. The Balaban J connectivity index is 1.37. The number of Topliss-reactive ketones (excluding diaryl/α,β-unsaturated/α-hetero) is 1. The standard InChI is InChI=1S/C23H26N6O/c30-21(15-2-1-3-15)11-22-26-12-17-5-4-16(10-19(17)28-22)20-13-25-14-23(29-20)27-18-6-8-24-9-7-18/h4-5,10,12-15,18,24H,1-3,6-9,11H2,(H,27,29). The molecule has 3 heterocycles. The van der Waals surface area contributed by atoms with Gasteiger partial charge >= 0.3 is 0 Å². The fraction of sp³-hybridized carbons (Fsp3) is 0.435. The second-order valence-electron chi connectivity index (χ2n) is 8.29. The minimum atomic E-state index is 0.209. The molecule has 3 aromatic rings. The molecule has 5 rings (SSSR count). The van der Waals surface area contributed by atoms with Crippen LogP contribution in [0.15, 0.2) is 36.8 Å². The first-order chi connectivity index (χ1) is 14.7. The van der Waals surface area contributed by atoms with Gasteiger partial charge in [0.15, 0.2) is 0 Å². The highest BCUT2D eigenvalue weighted by Gasteiger charge is 2.25. The summed E-state index contributed by atoms with van der Waals surface area (Å²) >= 11 is 0. The number of rotatable bonds is 6. The zero-order valence-corrected chi connectivity index (χ0v) is 17.0. The van der Waals surface area contributed by atoms with E-state index < -0.39 is 0 Å². The Morgan fingerprint density at radius 3 is 2.73 bits per heavy atom. The SMILES string of the molecule is O=C(Cc1ncc2ccc(-c3cncc(NC4CCNCC4)n3)cc2n1)C1CCC1. The molecule has 7 nitrogen and oxygen atoms in total. The first-order valence-electron chi connectivity index (χ1n) is 10.8. The number of aromatic nitrogens is 4. The largest absolute Gasteiger partial charge is 0.366 e. The summed E-state index contributed by atoms with van der Waals surface area (Å²) in [6, 6.07) is 6.45. The third kappa shape index (κ3) is 4.16. The van der Waals surface area contributed by atoms with Gasteiger partial charge in [-0.1, -0.05) is 18.6 Å². The van der Waals surface area contributed by atoms with E-state index in [9.17, 15) is 4.79 Å². The molecule has 2 fully saturated rings. The summed E-state index contributed by atoms with van der Waals surface area (Å²) in [5.41, 5.74) is 2.60. The number of anilines is 1. The molecule has 2 aliphatic rings. The fourth-order valence-electron chi connectivity index (χ4n) is 4.09. The van der Waals surface area contributed by atoms with Crippen LogP contribution < -0.4 is 10.6 Å². The zero-order chi connectivity index (χ0) is 20.3. The number of nitrogens with zero attached hydrogens (tertiary/aromatic N) is 4. The molecule has 154 valence electrons. The monoisotopic (exact) mass is 402 g/mol. The van der Waals surface area contributed by atoms with Crippen molar-refractivity contribution in [2.24, 2.45) is 5.92 Å². The van der Waals surface area contributed by atoms with E-state index in [1.807, 2.05) is 18.2 Å². The number of ketones is 1. The molecule has 2 aromatic heterocycles. The van der Waals surface area contributed by atoms with Crippen molar-refractivity contribution in [3.63, 3.8) is 0 Å². The topological polar surface area (TPSA) is 92.7 Å². The molecule has 0 spiro atoms. The van der Waals surface area contributed by atoms with Crippen LogP contribution in [-0.2, 0) is 11.2 Å². The quantitative estimate of drug-likeness (QED) is 0.654. The molecule has 1 aromatic carbocycles. The van der Waals surface area contributed by atoms with E-state index in [1.165, 1.54) is 0 Å². The van der Waals surface area contributed by atoms with Gasteiger partial charge in [0.25, 0.3) is 0 Å². The highest BCUT2D eigenvalue weighted by atomic mass is 16.1. The molecule has 2 N–H and O–H groups in total. The number of carbonyl (C=O) groups excluding carboxylic acids is 1. The van der Waals surface area contributed by atoms with Gasteiger partial charge in [0.2, 0.25) is 0 Å². The third-order valence-corrected chi connectivity index (χ3v) is 6.15. The normalized spacial score (nSPS) is 17.6. The minimum absolute atomic E-state index is 0.209. The van der Waals surface area contributed by atoms with Gasteiger partial charge in [-0.25, -0.2) is 15.0 Å². The van der Waals surface area contributed by atoms with Gasteiger partial charge in [0.05, 0.1) is 30.0 Å². The molecule has 1 saturated heterocycles. The first kappa shape index (κ1) is 19.1. The van der Waals surface area contributed by atoms with Crippen molar-refractivity contribution >= 4 is 22.5 Å². The van der Waals surface area contributed by atoms with Gasteiger partial charge in [-0.3, -0.25) is 9.78 Å². The van der Waals surface area contributed by atoms with Crippen LogP contribution in [0.4, 0.5) is 5.82 Å². The van der Waals surface area contributed by atoms with E-state index in [2.05, 4.69) is 25.6 Å². The Labute approximate surface area is 175 Å². The van der Waals surface area contributed by atoms with Crippen LogP contribution >= 0.6 is 0 Å². The molecule has 7 heteroatoms.